The lowest BCUT2D eigenvalue weighted by molar-refractivity contribution is 0.812. The Morgan fingerprint density at radius 3 is 2.48 bits per heavy atom. The van der Waals surface area contributed by atoms with Gasteiger partial charge in [0.2, 0.25) is 0 Å². The predicted octanol–water partition coefficient (Wildman–Crippen LogP) is 6.68. The Labute approximate surface area is 180 Å². The van der Waals surface area contributed by atoms with Gasteiger partial charge in [-0.3, -0.25) is 4.57 Å². The molecule has 1 aliphatic carbocycles. The number of fused-ring (bicyclic) bond motifs is 9. The van der Waals surface area contributed by atoms with E-state index in [2.05, 4.69) is 102 Å². The number of rotatable bonds is 1. The van der Waals surface area contributed by atoms with E-state index < -0.39 is 0 Å². The maximum Gasteiger partial charge on any atom is 0.145 e. The Balaban J connectivity index is 1.45. The van der Waals surface area contributed by atoms with Crippen molar-refractivity contribution >= 4 is 33.2 Å². The zero-order valence-electron chi connectivity index (χ0n) is 16.9. The highest BCUT2D eigenvalue weighted by Gasteiger charge is 2.33. The fraction of sp³-hybridized carbons (Fsp3) is 0.0714. The van der Waals surface area contributed by atoms with Crippen LogP contribution >= 0.6 is 0 Å². The van der Waals surface area contributed by atoms with E-state index in [9.17, 15) is 0 Å². The van der Waals surface area contributed by atoms with Gasteiger partial charge in [-0.2, -0.15) is 0 Å². The number of aromatic nitrogens is 3. The van der Waals surface area contributed by atoms with Crippen molar-refractivity contribution in [2.45, 2.75) is 12.3 Å². The molecule has 2 aliphatic rings. The second-order valence-corrected chi connectivity index (χ2v) is 8.28. The topological polar surface area (TPSA) is 30.7 Å². The van der Waals surface area contributed by atoms with Crippen molar-refractivity contribution in [2.24, 2.45) is 0 Å². The fourth-order valence-electron chi connectivity index (χ4n) is 5.10. The lowest BCUT2D eigenvalue weighted by Gasteiger charge is -2.32. The van der Waals surface area contributed by atoms with E-state index in [4.69, 9.17) is 9.97 Å². The van der Waals surface area contributed by atoms with Gasteiger partial charge in [0.1, 0.15) is 5.82 Å². The average Bonchev–Trinajstić information content (AvgIpc) is 3.24. The van der Waals surface area contributed by atoms with Crippen molar-refractivity contribution in [2.75, 3.05) is 0 Å². The van der Waals surface area contributed by atoms with Crippen LogP contribution in [0.5, 0.6) is 0 Å². The molecule has 0 amide bonds. The first kappa shape index (κ1) is 16.8. The van der Waals surface area contributed by atoms with E-state index in [1.807, 2.05) is 0 Å². The summed E-state index contributed by atoms with van der Waals surface area (Å²) < 4.78 is 2.35. The number of allylic oxidation sites excluding steroid dienone is 4. The number of pyridine rings is 1. The van der Waals surface area contributed by atoms with E-state index in [0.717, 1.165) is 29.0 Å². The Morgan fingerprint density at radius 2 is 1.52 bits per heavy atom. The van der Waals surface area contributed by atoms with Gasteiger partial charge in [-0.1, -0.05) is 66.7 Å². The highest BCUT2D eigenvalue weighted by Crippen LogP contribution is 2.49. The first-order valence-electron chi connectivity index (χ1n) is 10.7. The number of para-hydroxylation sites is 3. The highest BCUT2D eigenvalue weighted by atomic mass is 15.1. The minimum Gasteiger partial charge on any atom is -0.295 e. The van der Waals surface area contributed by atoms with Crippen LogP contribution in [0.25, 0.3) is 44.6 Å². The van der Waals surface area contributed by atoms with Crippen LogP contribution in [0.2, 0.25) is 0 Å². The summed E-state index contributed by atoms with van der Waals surface area (Å²) in [5.74, 6) is 1.33. The van der Waals surface area contributed by atoms with Gasteiger partial charge in [-0.05, 0) is 47.9 Å². The molecule has 1 unspecified atom stereocenters. The summed E-state index contributed by atoms with van der Waals surface area (Å²) in [5.41, 5.74) is 9.48. The lowest BCUT2D eigenvalue weighted by atomic mass is 9.80. The van der Waals surface area contributed by atoms with Gasteiger partial charge in [-0.25, -0.2) is 9.97 Å². The van der Waals surface area contributed by atoms with E-state index in [0.29, 0.717) is 0 Å². The number of imidazole rings is 1. The molecule has 2 aromatic heterocycles. The summed E-state index contributed by atoms with van der Waals surface area (Å²) in [6.07, 6.45) is 5.45. The van der Waals surface area contributed by atoms with Crippen molar-refractivity contribution in [1.82, 2.24) is 14.5 Å². The van der Waals surface area contributed by atoms with E-state index in [1.54, 1.807) is 0 Å². The minimum atomic E-state index is 0.287. The van der Waals surface area contributed by atoms with Crippen LogP contribution in [0.1, 0.15) is 23.6 Å². The van der Waals surface area contributed by atoms with Gasteiger partial charge in [0.15, 0.2) is 0 Å². The fourth-order valence-corrected chi connectivity index (χ4v) is 5.10. The Kier molecular flexibility index (Phi) is 3.39. The third kappa shape index (κ3) is 2.40. The van der Waals surface area contributed by atoms with Crippen LogP contribution in [0, 0.1) is 0 Å². The third-order valence-electron chi connectivity index (χ3n) is 6.56. The molecular weight excluding hydrogens is 378 g/mol. The summed E-state index contributed by atoms with van der Waals surface area (Å²) >= 11 is 0. The Morgan fingerprint density at radius 1 is 0.710 bits per heavy atom. The molecule has 0 radical (unpaired) electrons. The molecule has 1 atom stereocenters. The summed E-state index contributed by atoms with van der Waals surface area (Å²) in [6, 6.07) is 29.8. The van der Waals surface area contributed by atoms with Crippen LogP contribution in [0.3, 0.4) is 0 Å². The monoisotopic (exact) mass is 397 g/mol. The van der Waals surface area contributed by atoms with E-state index in [1.165, 1.54) is 33.3 Å². The van der Waals surface area contributed by atoms with Crippen LogP contribution in [0.4, 0.5) is 0 Å². The molecule has 7 rings (SSSR count). The molecule has 31 heavy (non-hydrogen) atoms. The van der Waals surface area contributed by atoms with Crippen LogP contribution in [-0.4, -0.2) is 14.5 Å². The summed E-state index contributed by atoms with van der Waals surface area (Å²) in [6.45, 7) is 0. The van der Waals surface area contributed by atoms with Crippen molar-refractivity contribution in [3.05, 3.63) is 108 Å². The number of nitrogens with zero attached hydrogens (tertiary/aromatic N) is 3. The van der Waals surface area contributed by atoms with Crippen molar-refractivity contribution in [3.63, 3.8) is 0 Å². The first-order valence-corrected chi connectivity index (χ1v) is 10.7. The maximum absolute atomic E-state index is 4.99. The Hall–Kier alpha value is -3.98. The first-order chi connectivity index (χ1) is 15.4. The molecule has 0 saturated heterocycles. The Bertz CT molecular complexity index is 1570. The predicted molar refractivity (Wildman–Crippen MR) is 127 cm³/mol. The van der Waals surface area contributed by atoms with Crippen LogP contribution in [0.15, 0.2) is 97.1 Å². The quantitative estimate of drug-likeness (QED) is 0.316. The van der Waals surface area contributed by atoms with E-state index >= 15 is 0 Å². The minimum absolute atomic E-state index is 0.287. The molecule has 3 aromatic carbocycles. The van der Waals surface area contributed by atoms with Crippen LogP contribution in [-0.2, 0) is 0 Å². The number of hydrogen-bond donors (Lipinski definition) is 0. The average molecular weight is 397 g/mol. The zero-order valence-corrected chi connectivity index (χ0v) is 16.9. The second-order valence-electron chi connectivity index (χ2n) is 8.28. The molecule has 146 valence electrons. The summed E-state index contributed by atoms with van der Waals surface area (Å²) in [4.78, 5) is 9.95. The van der Waals surface area contributed by atoms with Gasteiger partial charge in [-0.15, -0.1) is 0 Å². The van der Waals surface area contributed by atoms with Gasteiger partial charge < -0.3 is 0 Å². The molecule has 0 bridgehead atoms. The van der Waals surface area contributed by atoms with E-state index in [-0.39, 0.29) is 5.92 Å². The summed E-state index contributed by atoms with van der Waals surface area (Å²) in [5, 5.41) is 1.18. The molecule has 5 aromatic rings. The molecule has 1 aliphatic heterocycles. The van der Waals surface area contributed by atoms with Crippen LogP contribution < -0.4 is 0 Å². The third-order valence-corrected chi connectivity index (χ3v) is 6.56. The largest absolute Gasteiger partial charge is 0.295 e. The van der Waals surface area contributed by atoms with Crippen molar-refractivity contribution in [3.8, 4) is 11.4 Å². The van der Waals surface area contributed by atoms with Crippen molar-refractivity contribution < 1.29 is 0 Å². The summed E-state index contributed by atoms with van der Waals surface area (Å²) in [7, 11) is 0. The molecule has 0 saturated carbocycles. The van der Waals surface area contributed by atoms with Gasteiger partial charge in [0, 0.05) is 22.6 Å². The lowest BCUT2D eigenvalue weighted by Crippen LogP contribution is -2.18. The molecule has 3 heterocycles. The highest BCUT2D eigenvalue weighted by molar-refractivity contribution is 5.92. The molecule has 3 heteroatoms. The van der Waals surface area contributed by atoms with Gasteiger partial charge >= 0.3 is 0 Å². The van der Waals surface area contributed by atoms with Gasteiger partial charge in [0.05, 0.1) is 22.2 Å². The normalized spacial score (nSPS) is 17.0. The van der Waals surface area contributed by atoms with Crippen molar-refractivity contribution in [1.29, 1.82) is 0 Å². The number of hydrogen-bond acceptors (Lipinski definition) is 2. The number of benzene rings is 3. The van der Waals surface area contributed by atoms with Gasteiger partial charge in [0.25, 0.3) is 0 Å². The molecule has 0 spiro atoms. The smallest absolute Gasteiger partial charge is 0.145 e. The second kappa shape index (κ2) is 6.26. The maximum atomic E-state index is 4.99. The SMILES string of the molecule is C1=C(c2ccc3ccccc3n2)CC2C(=C1)n1c(nc3ccccc31)-c1ccccc12. The molecule has 0 fully saturated rings. The molecular formula is C28H19N3. The molecule has 3 nitrogen and oxygen atoms in total. The molecule has 0 N–H and O–H groups in total. The zero-order chi connectivity index (χ0) is 20.4. The standard InChI is InChI=1S/C28H19N3/c1-4-10-23-18(7-1)13-15-24(29-23)19-14-16-26-22(17-19)20-8-2-3-9-21(20)28-30-25-11-5-6-12-27(25)31(26)28/h1-16,22H,17H2.